The number of rotatable bonds is 6. The average molecular weight is 284 g/mol. The fraction of sp³-hybridized carbons (Fsp3) is 0.538. The Kier molecular flexibility index (Phi) is 4.93. The maximum absolute atomic E-state index is 12.0. The van der Waals surface area contributed by atoms with E-state index in [1.54, 1.807) is 25.1 Å². The summed E-state index contributed by atoms with van der Waals surface area (Å²) in [6.07, 6.45) is 2.43. The van der Waals surface area contributed by atoms with E-state index in [0.717, 1.165) is 19.6 Å². The summed E-state index contributed by atoms with van der Waals surface area (Å²) >= 11 is 0. The van der Waals surface area contributed by atoms with Crippen LogP contribution in [-0.4, -0.2) is 39.6 Å². The predicted octanol–water partition coefficient (Wildman–Crippen LogP) is 1.30. The number of nitrogens with one attached hydrogen (secondary N) is 1. The second-order valence-corrected chi connectivity index (χ2v) is 6.36. The third-order valence-electron chi connectivity index (χ3n) is 3.26. The largest absolute Gasteiger partial charge is 0.301 e. The van der Waals surface area contributed by atoms with Crippen LogP contribution >= 0.6 is 0 Å². The Balaban J connectivity index is 1.82. The van der Waals surface area contributed by atoms with E-state index in [1.807, 2.05) is 6.07 Å². The van der Waals surface area contributed by atoms with E-state index in [-0.39, 0.29) is 4.90 Å². The van der Waals surface area contributed by atoms with Gasteiger partial charge in [-0.1, -0.05) is 23.1 Å². The molecule has 0 radical (unpaired) electrons. The first-order valence-electron chi connectivity index (χ1n) is 6.51. The number of hydrogen-bond donors (Lipinski definition) is 1. The summed E-state index contributed by atoms with van der Waals surface area (Å²) in [6.45, 7) is 5.04. The molecule has 1 fully saturated rings. The van der Waals surface area contributed by atoms with Crippen LogP contribution in [-0.2, 0) is 14.9 Å². The van der Waals surface area contributed by atoms with Crippen molar-refractivity contribution in [1.82, 2.24) is 9.79 Å². The Labute approximate surface area is 114 Å². The maximum Gasteiger partial charge on any atom is 0.262 e. The fourth-order valence-corrected chi connectivity index (χ4v) is 3.28. The van der Waals surface area contributed by atoms with Crippen molar-refractivity contribution < 1.29 is 13.3 Å². The highest BCUT2D eigenvalue weighted by Gasteiger charge is 2.17. The van der Waals surface area contributed by atoms with Crippen LogP contribution in [0.4, 0.5) is 0 Å². The van der Waals surface area contributed by atoms with Gasteiger partial charge in [0.05, 0.1) is 11.5 Å². The van der Waals surface area contributed by atoms with Gasteiger partial charge >= 0.3 is 0 Å². The molecule has 0 atom stereocenters. The quantitative estimate of drug-likeness (QED) is 0.632. The molecule has 1 saturated heterocycles. The molecule has 0 aliphatic carbocycles. The normalized spacial score (nSPS) is 16.9. The van der Waals surface area contributed by atoms with Crippen molar-refractivity contribution in [2.24, 2.45) is 0 Å². The van der Waals surface area contributed by atoms with E-state index in [9.17, 15) is 8.42 Å². The lowest BCUT2D eigenvalue weighted by atomic mass is 10.2. The Morgan fingerprint density at radius 3 is 2.63 bits per heavy atom. The molecule has 0 amide bonds. The molecule has 106 valence electrons. The first-order chi connectivity index (χ1) is 9.09. The first-order valence-corrected chi connectivity index (χ1v) is 7.99. The van der Waals surface area contributed by atoms with Gasteiger partial charge in [0.2, 0.25) is 0 Å². The minimum absolute atomic E-state index is 0.260. The summed E-state index contributed by atoms with van der Waals surface area (Å²) in [5, 5.41) is 0. The SMILES string of the molecule is Cc1ccccc1S(=O)(=O)NOCCN1CCCC1. The van der Waals surface area contributed by atoms with Gasteiger partial charge in [-0.15, -0.1) is 0 Å². The second kappa shape index (κ2) is 6.47. The van der Waals surface area contributed by atoms with Crippen molar-refractivity contribution in [3.05, 3.63) is 29.8 Å². The number of sulfonamides is 1. The monoisotopic (exact) mass is 284 g/mol. The Morgan fingerprint density at radius 2 is 1.95 bits per heavy atom. The summed E-state index contributed by atoms with van der Waals surface area (Å²) in [4.78, 5) is 9.80. The minimum Gasteiger partial charge on any atom is -0.301 e. The summed E-state index contributed by atoms with van der Waals surface area (Å²) in [7, 11) is -3.58. The van der Waals surface area contributed by atoms with Crippen LogP contribution in [0.5, 0.6) is 0 Å². The average Bonchev–Trinajstić information content (AvgIpc) is 2.88. The lowest BCUT2D eigenvalue weighted by molar-refractivity contribution is 0.0756. The maximum atomic E-state index is 12.0. The predicted molar refractivity (Wildman–Crippen MR) is 73.1 cm³/mol. The topological polar surface area (TPSA) is 58.6 Å². The van der Waals surface area contributed by atoms with Gasteiger partial charge in [-0.05, 0) is 44.5 Å². The van der Waals surface area contributed by atoms with Crippen LogP contribution in [0.15, 0.2) is 29.2 Å². The number of aryl methyl sites for hydroxylation is 1. The zero-order valence-electron chi connectivity index (χ0n) is 11.1. The number of nitrogens with zero attached hydrogens (tertiary/aromatic N) is 1. The summed E-state index contributed by atoms with van der Waals surface area (Å²) in [5.74, 6) is 0. The molecule has 0 aromatic heterocycles. The van der Waals surface area contributed by atoms with Crippen LogP contribution in [0.3, 0.4) is 0 Å². The molecule has 1 aliphatic rings. The lowest BCUT2D eigenvalue weighted by Crippen LogP contribution is -2.30. The third kappa shape index (κ3) is 4.01. The fourth-order valence-electron chi connectivity index (χ4n) is 2.20. The van der Waals surface area contributed by atoms with Crippen molar-refractivity contribution >= 4 is 10.0 Å². The van der Waals surface area contributed by atoms with E-state index in [4.69, 9.17) is 4.84 Å². The highest BCUT2D eigenvalue weighted by atomic mass is 32.2. The van der Waals surface area contributed by atoms with Crippen LogP contribution in [0.25, 0.3) is 0 Å². The molecule has 0 unspecified atom stereocenters. The zero-order chi connectivity index (χ0) is 13.7. The number of hydrogen-bond acceptors (Lipinski definition) is 4. The van der Waals surface area contributed by atoms with E-state index in [1.165, 1.54) is 12.8 Å². The van der Waals surface area contributed by atoms with Gasteiger partial charge in [0.15, 0.2) is 0 Å². The van der Waals surface area contributed by atoms with Crippen LogP contribution < -0.4 is 4.89 Å². The van der Waals surface area contributed by atoms with E-state index in [2.05, 4.69) is 9.79 Å². The van der Waals surface area contributed by atoms with Crippen molar-refractivity contribution in [2.45, 2.75) is 24.7 Å². The van der Waals surface area contributed by atoms with Gasteiger partial charge in [0, 0.05) is 6.54 Å². The molecule has 1 aromatic carbocycles. The molecule has 1 aromatic rings. The van der Waals surface area contributed by atoms with Gasteiger partial charge in [0.1, 0.15) is 0 Å². The number of likely N-dealkylation sites (tertiary alicyclic amines) is 1. The standard InChI is InChI=1S/C13H20N2O3S/c1-12-6-2-3-7-13(12)19(16,17)14-18-11-10-15-8-4-5-9-15/h2-3,6-7,14H,4-5,8-11H2,1H3. The van der Waals surface area contributed by atoms with Crippen molar-refractivity contribution in [2.75, 3.05) is 26.2 Å². The van der Waals surface area contributed by atoms with Gasteiger partial charge in [-0.25, -0.2) is 8.42 Å². The molecule has 5 nitrogen and oxygen atoms in total. The first kappa shape index (κ1) is 14.5. The molecule has 2 rings (SSSR count). The van der Waals surface area contributed by atoms with Crippen molar-refractivity contribution in [1.29, 1.82) is 0 Å². The Morgan fingerprint density at radius 1 is 1.26 bits per heavy atom. The Hall–Kier alpha value is -0.950. The molecule has 6 heteroatoms. The van der Waals surface area contributed by atoms with Crippen LogP contribution in [0.2, 0.25) is 0 Å². The molecule has 0 bridgehead atoms. The van der Waals surface area contributed by atoms with Gasteiger partial charge < -0.3 is 4.90 Å². The zero-order valence-corrected chi connectivity index (χ0v) is 11.9. The highest BCUT2D eigenvalue weighted by molar-refractivity contribution is 7.89. The molecule has 0 saturated carbocycles. The smallest absolute Gasteiger partial charge is 0.262 e. The van der Waals surface area contributed by atoms with Crippen molar-refractivity contribution in [3.63, 3.8) is 0 Å². The van der Waals surface area contributed by atoms with E-state index >= 15 is 0 Å². The summed E-state index contributed by atoms with van der Waals surface area (Å²) in [6, 6.07) is 6.84. The van der Waals surface area contributed by atoms with E-state index in [0.29, 0.717) is 12.2 Å². The molecule has 0 spiro atoms. The minimum atomic E-state index is -3.58. The van der Waals surface area contributed by atoms with Gasteiger partial charge in [-0.3, -0.25) is 4.84 Å². The van der Waals surface area contributed by atoms with Crippen LogP contribution in [0, 0.1) is 6.92 Å². The van der Waals surface area contributed by atoms with Gasteiger partial charge in [-0.2, -0.15) is 0 Å². The molecule has 1 aliphatic heterocycles. The molecule has 1 heterocycles. The number of benzene rings is 1. The lowest BCUT2D eigenvalue weighted by Gasteiger charge is -2.14. The molecular weight excluding hydrogens is 264 g/mol. The Bertz CT molecular complexity index is 510. The van der Waals surface area contributed by atoms with Crippen molar-refractivity contribution in [3.8, 4) is 0 Å². The highest BCUT2D eigenvalue weighted by Crippen LogP contribution is 2.13. The van der Waals surface area contributed by atoms with Crippen LogP contribution in [0.1, 0.15) is 18.4 Å². The summed E-state index contributed by atoms with van der Waals surface area (Å²) in [5.41, 5.74) is 0.707. The molecule has 19 heavy (non-hydrogen) atoms. The molecular formula is C13H20N2O3S. The van der Waals surface area contributed by atoms with E-state index < -0.39 is 10.0 Å². The van der Waals surface area contributed by atoms with Gasteiger partial charge in [0.25, 0.3) is 10.0 Å². The second-order valence-electron chi connectivity index (χ2n) is 4.75. The third-order valence-corrected chi connectivity index (χ3v) is 4.63. The summed E-state index contributed by atoms with van der Waals surface area (Å²) < 4.78 is 24.0. The molecule has 1 N–H and O–H groups in total.